The first-order valence-corrected chi connectivity index (χ1v) is 8.32. The number of hydrogen-bond acceptors (Lipinski definition) is 3. The molecule has 0 aliphatic carbocycles. The van der Waals surface area contributed by atoms with Crippen LogP contribution in [-0.2, 0) is 6.18 Å². The van der Waals surface area contributed by atoms with Gasteiger partial charge in [0.05, 0.1) is 11.3 Å². The molecule has 0 fully saturated rings. The summed E-state index contributed by atoms with van der Waals surface area (Å²) in [6, 6.07) is 17.1. The van der Waals surface area contributed by atoms with Crippen LogP contribution in [0.2, 0.25) is 0 Å². The smallest absolute Gasteiger partial charge is 0.418 e. The molecule has 140 valence electrons. The van der Waals surface area contributed by atoms with Crippen LogP contribution in [0.15, 0.2) is 71.1 Å². The van der Waals surface area contributed by atoms with Gasteiger partial charge in [0.1, 0.15) is 11.1 Å². The van der Waals surface area contributed by atoms with Gasteiger partial charge >= 0.3 is 6.18 Å². The molecule has 0 atom stereocenters. The van der Waals surface area contributed by atoms with Crippen LogP contribution in [-0.4, -0.2) is 5.91 Å². The first-order chi connectivity index (χ1) is 13.3. The van der Waals surface area contributed by atoms with Crippen LogP contribution >= 0.6 is 0 Å². The minimum absolute atomic E-state index is 0.152. The molecule has 0 bridgehead atoms. The Bertz CT molecular complexity index is 1280. The quantitative estimate of drug-likeness (QED) is 0.460. The van der Waals surface area contributed by atoms with Crippen molar-refractivity contribution in [1.29, 1.82) is 5.41 Å². The van der Waals surface area contributed by atoms with Gasteiger partial charge in [0.15, 0.2) is 0 Å². The van der Waals surface area contributed by atoms with Gasteiger partial charge in [-0.2, -0.15) is 13.2 Å². The van der Waals surface area contributed by atoms with Crippen LogP contribution in [0.5, 0.6) is 0 Å². The average Bonchev–Trinajstić information content (AvgIpc) is 2.66. The number of halogens is 3. The molecule has 0 radical (unpaired) electrons. The van der Waals surface area contributed by atoms with E-state index in [-0.39, 0.29) is 11.3 Å². The summed E-state index contributed by atoms with van der Waals surface area (Å²) < 4.78 is 44.9. The van der Waals surface area contributed by atoms with Gasteiger partial charge in [0.25, 0.3) is 5.91 Å². The molecule has 28 heavy (non-hydrogen) atoms. The van der Waals surface area contributed by atoms with Crippen LogP contribution in [0.3, 0.4) is 0 Å². The van der Waals surface area contributed by atoms with Gasteiger partial charge in [-0.1, -0.05) is 42.5 Å². The summed E-state index contributed by atoms with van der Waals surface area (Å²) in [5.41, 5.74) is -1.50. The number of amides is 1. The van der Waals surface area contributed by atoms with E-state index < -0.39 is 23.2 Å². The Morgan fingerprint density at radius 1 is 0.929 bits per heavy atom. The predicted octanol–water partition coefficient (Wildman–Crippen LogP) is 5.34. The van der Waals surface area contributed by atoms with E-state index in [9.17, 15) is 18.0 Å². The van der Waals surface area contributed by atoms with Gasteiger partial charge in [0.2, 0.25) is 5.55 Å². The van der Waals surface area contributed by atoms with E-state index in [2.05, 4.69) is 5.32 Å². The standard InChI is InChI=1S/C21H13F3N2O2/c22-21(23,24)16-7-3-4-8-17(16)26-20(27)15-11-14-13-6-2-1-5-12(13)9-10-18(14)28-19(15)25/h1-11,25H,(H,26,27). The molecule has 3 aromatic carbocycles. The van der Waals surface area contributed by atoms with Gasteiger partial charge in [-0.15, -0.1) is 0 Å². The normalized spacial score (nSPS) is 11.7. The lowest BCUT2D eigenvalue weighted by Crippen LogP contribution is -2.22. The Morgan fingerprint density at radius 3 is 2.43 bits per heavy atom. The monoisotopic (exact) mass is 382 g/mol. The Kier molecular flexibility index (Phi) is 4.15. The van der Waals surface area contributed by atoms with E-state index >= 15 is 0 Å². The number of nitrogens with one attached hydrogen (secondary N) is 2. The van der Waals surface area contributed by atoms with Gasteiger partial charge in [0, 0.05) is 5.39 Å². The second-order valence-corrected chi connectivity index (χ2v) is 6.19. The summed E-state index contributed by atoms with van der Waals surface area (Å²) in [7, 11) is 0. The van der Waals surface area contributed by atoms with Crippen LogP contribution < -0.4 is 10.9 Å². The fourth-order valence-corrected chi connectivity index (χ4v) is 3.09. The molecule has 7 heteroatoms. The number of fused-ring (bicyclic) bond motifs is 3. The lowest BCUT2D eigenvalue weighted by molar-refractivity contribution is -0.136. The lowest BCUT2D eigenvalue weighted by Gasteiger charge is -2.13. The van der Waals surface area contributed by atoms with E-state index in [0.717, 1.165) is 22.9 Å². The van der Waals surface area contributed by atoms with Crippen molar-refractivity contribution in [2.45, 2.75) is 6.18 Å². The number of anilines is 1. The van der Waals surface area contributed by atoms with Gasteiger partial charge in [-0.05, 0) is 35.0 Å². The molecule has 0 saturated heterocycles. The molecule has 0 aliphatic rings. The summed E-state index contributed by atoms with van der Waals surface area (Å²) >= 11 is 0. The van der Waals surface area contributed by atoms with E-state index in [4.69, 9.17) is 9.83 Å². The highest BCUT2D eigenvalue weighted by Crippen LogP contribution is 2.34. The highest BCUT2D eigenvalue weighted by atomic mass is 19.4. The first kappa shape index (κ1) is 17.8. The molecule has 0 aliphatic heterocycles. The van der Waals surface area contributed by atoms with Crippen molar-refractivity contribution < 1.29 is 22.4 Å². The summed E-state index contributed by atoms with van der Waals surface area (Å²) in [5.74, 6) is -0.847. The fourth-order valence-electron chi connectivity index (χ4n) is 3.09. The maximum absolute atomic E-state index is 13.2. The molecule has 0 spiro atoms. The number of carbonyl (C=O) groups excluding carboxylic acids is 1. The Balaban J connectivity index is 1.81. The Labute approximate surface area is 156 Å². The SMILES string of the molecule is N=c1oc2ccc3ccccc3c2cc1C(=O)Nc1ccccc1C(F)(F)F. The zero-order valence-electron chi connectivity index (χ0n) is 14.3. The van der Waals surface area contributed by atoms with Gasteiger partial charge in [-0.25, -0.2) is 0 Å². The number of benzene rings is 3. The Hall–Kier alpha value is -3.61. The minimum Gasteiger partial charge on any atom is -0.438 e. The van der Waals surface area contributed by atoms with Crippen molar-refractivity contribution in [3.63, 3.8) is 0 Å². The van der Waals surface area contributed by atoms with E-state index in [0.29, 0.717) is 11.0 Å². The minimum atomic E-state index is -4.61. The van der Waals surface area contributed by atoms with E-state index in [1.165, 1.54) is 18.2 Å². The topological polar surface area (TPSA) is 66.1 Å². The molecule has 4 aromatic rings. The molecule has 4 rings (SSSR count). The van der Waals surface area contributed by atoms with Crippen molar-refractivity contribution in [2.24, 2.45) is 0 Å². The summed E-state index contributed by atoms with van der Waals surface area (Å²) in [6.07, 6.45) is -4.61. The Morgan fingerprint density at radius 2 is 1.64 bits per heavy atom. The molecular weight excluding hydrogens is 369 g/mol. The number of alkyl halides is 3. The van der Waals surface area contributed by atoms with E-state index in [1.807, 2.05) is 30.3 Å². The molecular formula is C21H13F3N2O2. The van der Waals surface area contributed by atoms with E-state index in [1.54, 1.807) is 6.07 Å². The second-order valence-electron chi connectivity index (χ2n) is 6.19. The first-order valence-electron chi connectivity index (χ1n) is 8.32. The molecule has 2 N–H and O–H groups in total. The van der Waals surface area contributed by atoms with Crippen molar-refractivity contribution in [1.82, 2.24) is 0 Å². The highest BCUT2D eigenvalue weighted by molar-refractivity contribution is 6.10. The molecule has 1 heterocycles. The number of rotatable bonds is 2. The molecule has 0 saturated carbocycles. The zero-order chi connectivity index (χ0) is 19.9. The van der Waals surface area contributed by atoms with Crippen LogP contribution in [0.1, 0.15) is 15.9 Å². The van der Waals surface area contributed by atoms with Crippen LogP contribution in [0.25, 0.3) is 21.7 Å². The zero-order valence-corrected chi connectivity index (χ0v) is 14.3. The highest BCUT2D eigenvalue weighted by Gasteiger charge is 2.33. The number of para-hydroxylation sites is 1. The number of hydrogen-bond donors (Lipinski definition) is 2. The molecule has 1 amide bonds. The third-order valence-corrected chi connectivity index (χ3v) is 4.40. The summed E-state index contributed by atoms with van der Waals surface area (Å²) in [6.45, 7) is 0. The van der Waals surface area contributed by atoms with Crippen LogP contribution in [0.4, 0.5) is 18.9 Å². The van der Waals surface area contributed by atoms with Crippen molar-refractivity contribution in [2.75, 3.05) is 5.32 Å². The summed E-state index contributed by atoms with van der Waals surface area (Å²) in [4.78, 5) is 12.6. The van der Waals surface area contributed by atoms with Gasteiger partial charge in [-0.3, -0.25) is 10.2 Å². The predicted molar refractivity (Wildman–Crippen MR) is 99.0 cm³/mol. The van der Waals surface area contributed by atoms with Crippen molar-refractivity contribution >= 4 is 33.3 Å². The van der Waals surface area contributed by atoms with Crippen LogP contribution in [0, 0.1) is 5.41 Å². The third kappa shape index (κ3) is 3.11. The lowest BCUT2D eigenvalue weighted by atomic mass is 10.0. The number of carbonyl (C=O) groups is 1. The maximum Gasteiger partial charge on any atom is 0.418 e. The molecule has 4 nitrogen and oxygen atoms in total. The van der Waals surface area contributed by atoms with Crippen molar-refractivity contribution in [3.8, 4) is 0 Å². The average molecular weight is 382 g/mol. The molecule has 1 aromatic heterocycles. The van der Waals surface area contributed by atoms with Gasteiger partial charge < -0.3 is 9.73 Å². The third-order valence-electron chi connectivity index (χ3n) is 4.40. The largest absolute Gasteiger partial charge is 0.438 e. The fraction of sp³-hybridized carbons (Fsp3) is 0.0476. The maximum atomic E-state index is 13.2. The van der Waals surface area contributed by atoms with Crippen molar-refractivity contribution in [3.05, 3.63) is 83.4 Å². The molecule has 0 unspecified atom stereocenters. The second kappa shape index (κ2) is 6.53. The summed E-state index contributed by atoms with van der Waals surface area (Å²) in [5, 5.41) is 12.6.